The van der Waals surface area contributed by atoms with Crippen LogP contribution in [0.4, 0.5) is 5.69 Å². The average Bonchev–Trinajstić information content (AvgIpc) is 3.21. The molecule has 0 bridgehead atoms. The topological polar surface area (TPSA) is 48.5 Å². The van der Waals surface area contributed by atoms with Crippen molar-refractivity contribution >= 4 is 22.9 Å². The molecule has 2 heterocycles. The number of nitrogens with zero attached hydrogens (tertiary/aromatic N) is 3. The molecule has 0 radical (unpaired) electrons. The highest BCUT2D eigenvalue weighted by Gasteiger charge is 2.20. The van der Waals surface area contributed by atoms with Crippen LogP contribution in [-0.2, 0) is 11.3 Å². The molecule has 3 aromatic rings. The van der Waals surface area contributed by atoms with Crippen molar-refractivity contribution in [3.8, 4) is 11.3 Å². The maximum atomic E-state index is 12.6. The predicted octanol–water partition coefficient (Wildman–Crippen LogP) is 4.49. The first-order valence-corrected chi connectivity index (χ1v) is 11.7. The van der Waals surface area contributed by atoms with Crippen molar-refractivity contribution in [3.63, 3.8) is 0 Å². The zero-order chi connectivity index (χ0) is 21.8. The number of aryl methyl sites for hydroxylation is 3. The van der Waals surface area contributed by atoms with Gasteiger partial charge in [0.2, 0.25) is 5.91 Å². The quantitative estimate of drug-likeness (QED) is 0.621. The summed E-state index contributed by atoms with van der Waals surface area (Å²) in [6.45, 7) is 11.2. The number of benzene rings is 2. The molecule has 1 amide bonds. The van der Waals surface area contributed by atoms with E-state index in [4.69, 9.17) is 4.98 Å². The van der Waals surface area contributed by atoms with E-state index in [0.717, 1.165) is 60.2 Å². The summed E-state index contributed by atoms with van der Waals surface area (Å²) in [5, 5.41) is 6.41. The molecule has 1 aliphatic rings. The average molecular weight is 435 g/mol. The van der Waals surface area contributed by atoms with Gasteiger partial charge in [-0.05, 0) is 31.9 Å². The molecule has 0 aliphatic carbocycles. The van der Waals surface area contributed by atoms with E-state index in [0.29, 0.717) is 6.54 Å². The van der Waals surface area contributed by atoms with Crippen LogP contribution >= 0.6 is 11.3 Å². The van der Waals surface area contributed by atoms with Crippen LogP contribution in [0.25, 0.3) is 11.3 Å². The molecule has 1 aliphatic heterocycles. The van der Waals surface area contributed by atoms with Gasteiger partial charge in [-0.25, -0.2) is 4.98 Å². The number of amides is 1. The summed E-state index contributed by atoms with van der Waals surface area (Å²) < 4.78 is 0. The van der Waals surface area contributed by atoms with E-state index in [2.05, 4.69) is 65.5 Å². The molecular formula is C25H30N4OS. The highest BCUT2D eigenvalue weighted by molar-refractivity contribution is 7.09. The first-order valence-electron chi connectivity index (χ1n) is 10.8. The van der Waals surface area contributed by atoms with E-state index in [1.165, 1.54) is 11.1 Å². The number of anilines is 1. The second-order valence-corrected chi connectivity index (χ2v) is 9.31. The van der Waals surface area contributed by atoms with E-state index in [1.807, 2.05) is 18.2 Å². The van der Waals surface area contributed by atoms with Gasteiger partial charge in [0, 0.05) is 42.8 Å². The molecule has 1 fully saturated rings. The Hall–Kier alpha value is -2.54. The van der Waals surface area contributed by atoms with Crippen molar-refractivity contribution < 1.29 is 4.79 Å². The van der Waals surface area contributed by atoms with Crippen LogP contribution in [0.5, 0.6) is 0 Å². The van der Waals surface area contributed by atoms with Crippen molar-refractivity contribution in [2.75, 3.05) is 38.0 Å². The van der Waals surface area contributed by atoms with Gasteiger partial charge in [-0.1, -0.05) is 48.0 Å². The summed E-state index contributed by atoms with van der Waals surface area (Å²) in [6.07, 6.45) is 0. The first-order chi connectivity index (χ1) is 15.0. The lowest BCUT2D eigenvalue weighted by atomic mass is 10.1. The van der Waals surface area contributed by atoms with Crippen molar-refractivity contribution in [1.82, 2.24) is 14.8 Å². The Balaban J connectivity index is 1.26. The maximum Gasteiger partial charge on any atom is 0.238 e. The van der Waals surface area contributed by atoms with Crippen molar-refractivity contribution in [2.24, 2.45) is 0 Å². The lowest BCUT2D eigenvalue weighted by molar-refractivity contribution is -0.117. The molecule has 2 aromatic carbocycles. The van der Waals surface area contributed by atoms with Gasteiger partial charge in [0.15, 0.2) is 0 Å². The molecule has 0 atom stereocenters. The monoisotopic (exact) mass is 434 g/mol. The molecule has 0 saturated carbocycles. The third-order valence-corrected chi connectivity index (χ3v) is 6.59. The van der Waals surface area contributed by atoms with Gasteiger partial charge in [0.05, 0.1) is 18.8 Å². The Kier molecular flexibility index (Phi) is 6.80. The van der Waals surface area contributed by atoms with Crippen molar-refractivity contribution in [1.29, 1.82) is 0 Å². The highest BCUT2D eigenvalue weighted by atomic mass is 32.1. The van der Waals surface area contributed by atoms with Crippen LogP contribution in [0.2, 0.25) is 0 Å². The van der Waals surface area contributed by atoms with Crippen molar-refractivity contribution in [2.45, 2.75) is 27.3 Å². The molecule has 5 nitrogen and oxygen atoms in total. The fourth-order valence-electron chi connectivity index (χ4n) is 4.18. The fourth-order valence-corrected chi connectivity index (χ4v) is 5.03. The van der Waals surface area contributed by atoms with Gasteiger partial charge in [0.25, 0.3) is 0 Å². The molecule has 4 rings (SSSR count). The number of carbonyl (C=O) groups excluding carboxylic acids is 1. The van der Waals surface area contributed by atoms with Crippen LogP contribution in [0.1, 0.15) is 21.7 Å². The van der Waals surface area contributed by atoms with E-state index >= 15 is 0 Å². The Bertz CT molecular complexity index is 1020. The largest absolute Gasteiger partial charge is 0.324 e. The summed E-state index contributed by atoms with van der Waals surface area (Å²) in [6, 6.07) is 14.5. The maximum absolute atomic E-state index is 12.6. The Morgan fingerprint density at radius 3 is 2.32 bits per heavy atom. The second kappa shape index (κ2) is 9.73. The third-order valence-electron chi connectivity index (χ3n) is 5.75. The molecule has 162 valence electrons. The van der Waals surface area contributed by atoms with E-state index in [-0.39, 0.29) is 5.91 Å². The minimum atomic E-state index is 0.0657. The number of rotatable bonds is 6. The van der Waals surface area contributed by atoms with Crippen LogP contribution in [0.15, 0.2) is 47.8 Å². The van der Waals surface area contributed by atoms with Crippen LogP contribution in [0, 0.1) is 20.8 Å². The molecule has 1 N–H and O–H groups in total. The molecule has 0 spiro atoms. The summed E-state index contributed by atoms with van der Waals surface area (Å²) in [4.78, 5) is 22.1. The number of hydrogen-bond acceptors (Lipinski definition) is 5. The van der Waals surface area contributed by atoms with E-state index in [9.17, 15) is 4.79 Å². The number of aromatic nitrogens is 1. The predicted molar refractivity (Wildman–Crippen MR) is 129 cm³/mol. The number of piperazine rings is 1. The van der Waals surface area contributed by atoms with Crippen molar-refractivity contribution in [3.05, 3.63) is 69.5 Å². The Labute approximate surface area is 188 Å². The molecule has 0 unspecified atom stereocenters. The van der Waals surface area contributed by atoms with Gasteiger partial charge >= 0.3 is 0 Å². The van der Waals surface area contributed by atoms with Gasteiger partial charge < -0.3 is 5.32 Å². The summed E-state index contributed by atoms with van der Waals surface area (Å²) >= 11 is 1.72. The summed E-state index contributed by atoms with van der Waals surface area (Å²) in [7, 11) is 0. The third kappa shape index (κ3) is 5.58. The number of hydrogen-bond donors (Lipinski definition) is 1. The number of nitrogens with one attached hydrogen (secondary N) is 1. The first kappa shape index (κ1) is 21.7. The molecule has 31 heavy (non-hydrogen) atoms. The fraction of sp³-hybridized carbons (Fsp3) is 0.360. The van der Waals surface area contributed by atoms with Gasteiger partial charge in [0.1, 0.15) is 5.01 Å². The Morgan fingerprint density at radius 2 is 1.65 bits per heavy atom. The lowest BCUT2D eigenvalue weighted by Crippen LogP contribution is -2.48. The molecule has 1 saturated heterocycles. The number of carbonyl (C=O) groups is 1. The van der Waals surface area contributed by atoms with Gasteiger partial charge in [-0.3, -0.25) is 14.6 Å². The zero-order valence-corrected chi connectivity index (χ0v) is 19.3. The van der Waals surface area contributed by atoms with E-state index in [1.54, 1.807) is 11.3 Å². The lowest BCUT2D eigenvalue weighted by Gasteiger charge is -2.33. The zero-order valence-electron chi connectivity index (χ0n) is 18.5. The van der Waals surface area contributed by atoms with Gasteiger partial charge in [-0.15, -0.1) is 11.3 Å². The van der Waals surface area contributed by atoms with Crippen LogP contribution in [-0.4, -0.2) is 53.4 Å². The van der Waals surface area contributed by atoms with Crippen LogP contribution < -0.4 is 5.32 Å². The highest BCUT2D eigenvalue weighted by Crippen LogP contribution is 2.23. The summed E-state index contributed by atoms with van der Waals surface area (Å²) in [5.41, 5.74) is 6.63. The summed E-state index contributed by atoms with van der Waals surface area (Å²) in [5.74, 6) is 0.0657. The number of thiazole rings is 1. The second-order valence-electron chi connectivity index (χ2n) is 8.37. The van der Waals surface area contributed by atoms with Crippen LogP contribution in [0.3, 0.4) is 0 Å². The molecule has 1 aromatic heterocycles. The standard InChI is InChI=1S/C25H30N4OS/c1-18-13-19(2)25(20(3)14-18)27-23(30)15-28-9-11-29(12-10-28)16-24-26-22(17-31-24)21-7-5-4-6-8-21/h4-8,13-14,17H,9-12,15-16H2,1-3H3,(H,27,30). The molecular weight excluding hydrogens is 404 g/mol. The normalized spacial score (nSPS) is 15.2. The molecule has 6 heteroatoms. The van der Waals surface area contributed by atoms with E-state index < -0.39 is 0 Å². The minimum Gasteiger partial charge on any atom is -0.324 e. The minimum absolute atomic E-state index is 0.0657. The van der Waals surface area contributed by atoms with Gasteiger partial charge in [-0.2, -0.15) is 0 Å². The smallest absolute Gasteiger partial charge is 0.238 e. The SMILES string of the molecule is Cc1cc(C)c(NC(=O)CN2CCN(Cc3nc(-c4ccccc4)cs3)CC2)c(C)c1. The Morgan fingerprint density at radius 1 is 1.00 bits per heavy atom.